The van der Waals surface area contributed by atoms with Crippen LogP contribution in [0.4, 0.5) is 0 Å². The molecule has 11 heavy (non-hydrogen) atoms. The third-order valence-corrected chi connectivity index (χ3v) is 2.03. The normalized spacial score (nSPS) is 10.2. The number of nitrogens with one attached hydrogen (secondary N) is 2. The van der Waals surface area contributed by atoms with Gasteiger partial charge in [-0.1, -0.05) is 0 Å². The van der Waals surface area contributed by atoms with Gasteiger partial charge in [-0.05, 0) is 17.8 Å². The zero-order chi connectivity index (χ0) is 7.52. The number of hydrogen-bond acceptors (Lipinski definition) is 3. The van der Waals surface area contributed by atoms with Crippen LogP contribution in [-0.4, -0.2) is 20.2 Å². The van der Waals surface area contributed by atoms with Crippen molar-refractivity contribution >= 4 is 11.8 Å². The molecule has 0 aliphatic rings. The van der Waals surface area contributed by atoms with Gasteiger partial charge < -0.3 is 4.98 Å². The Hall–Kier alpha value is -1.23. The van der Waals surface area contributed by atoms with Gasteiger partial charge in [0.1, 0.15) is 10.1 Å². The Kier molecular flexibility index (Phi) is 1.64. The lowest BCUT2D eigenvalue weighted by Gasteiger charge is -1.87. The van der Waals surface area contributed by atoms with Gasteiger partial charge in [-0.2, -0.15) is 5.10 Å². The van der Waals surface area contributed by atoms with E-state index in [1.807, 2.05) is 12.3 Å². The number of rotatable bonds is 2. The second-order valence-corrected chi connectivity index (χ2v) is 2.96. The smallest absolute Gasteiger partial charge is 0.124 e. The Balaban J connectivity index is 2.14. The van der Waals surface area contributed by atoms with E-state index in [0.29, 0.717) is 0 Å². The topological polar surface area (TPSA) is 57.4 Å². The molecule has 0 saturated heterocycles. The molecule has 2 aromatic rings. The van der Waals surface area contributed by atoms with Crippen LogP contribution in [0.25, 0.3) is 0 Å². The van der Waals surface area contributed by atoms with E-state index in [2.05, 4.69) is 20.2 Å². The van der Waals surface area contributed by atoms with E-state index in [9.17, 15) is 0 Å². The number of aromatic nitrogens is 4. The van der Waals surface area contributed by atoms with Gasteiger partial charge in [0.15, 0.2) is 0 Å². The van der Waals surface area contributed by atoms with Crippen LogP contribution in [-0.2, 0) is 0 Å². The number of imidazole rings is 1. The van der Waals surface area contributed by atoms with E-state index in [0.717, 1.165) is 10.1 Å². The van der Waals surface area contributed by atoms with E-state index in [4.69, 9.17) is 0 Å². The first-order valence-electron chi connectivity index (χ1n) is 3.11. The molecule has 0 aliphatic heterocycles. The summed E-state index contributed by atoms with van der Waals surface area (Å²) >= 11 is 1.52. The molecule has 0 amide bonds. The lowest BCUT2D eigenvalue weighted by atomic mass is 10.8. The van der Waals surface area contributed by atoms with E-state index >= 15 is 0 Å². The van der Waals surface area contributed by atoms with Crippen LogP contribution in [0.1, 0.15) is 0 Å². The minimum atomic E-state index is 0.928. The predicted molar refractivity (Wildman–Crippen MR) is 41.3 cm³/mol. The molecule has 0 saturated carbocycles. The summed E-state index contributed by atoms with van der Waals surface area (Å²) in [6.07, 6.45) is 5.27. The van der Waals surface area contributed by atoms with Crippen molar-refractivity contribution in [3.05, 3.63) is 24.8 Å². The minimum absolute atomic E-state index is 0.928. The van der Waals surface area contributed by atoms with Gasteiger partial charge in [0.25, 0.3) is 0 Å². The molecule has 5 heteroatoms. The SMILES string of the molecule is c1nc(Sc2cc[nH]n2)c[nH]1. The van der Waals surface area contributed by atoms with Crippen molar-refractivity contribution in [1.29, 1.82) is 0 Å². The Morgan fingerprint density at radius 1 is 1.36 bits per heavy atom. The first kappa shape index (κ1) is 6.48. The van der Waals surface area contributed by atoms with Gasteiger partial charge in [-0.3, -0.25) is 5.10 Å². The minimum Gasteiger partial charge on any atom is -0.350 e. The second-order valence-electron chi connectivity index (χ2n) is 1.92. The molecule has 0 unspecified atom stereocenters. The molecule has 2 N–H and O–H groups in total. The highest BCUT2D eigenvalue weighted by molar-refractivity contribution is 7.99. The van der Waals surface area contributed by atoms with E-state index < -0.39 is 0 Å². The average molecular weight is 166 g/mol. The molecular formula is C6H6N4S. The maximum Gasteiger partial charge on any atom is 0.124 e. The number of nitrogens with zero attached hydrogens (tertiary/aromatic N) is 2. The van der Waals surface area contributed by atoms with Crippen molar-refractivity contribution in [2.45, 2.75) is 10.1 Å². The standard InChI is InChI=1S/C6H6N4S/c1-2-9-10-5(1)11-6-3-7-4-8-6/h1-4H,(H,7,8)(H,9,10). The van der Waals surface area contributed by atoms with Gasteiger partial charge >= 0.3 is 0 Å². The summed E-state index contributed by atoms with van der Waals surface area (Å²) in [5.74, 6) is 0. The van der Waals surface area contributed by atoms with Gasteiger partial charge in [0.05, 0.1) is 6.33 Å². The summed E-state index contributed by atoms with van der Waals surface area (Å²) in [7, 11) is 0. The van der Waals surface area contributed by atoms with Crippen LogP contribution in [0.3, 0.4) is 0 Å². The molecule has 0 atom stereocenters. The summed E-state index contributed by atoms with van der Waals surface area (Å²) < 4.78 is 0. The monoisotopic (exact) mass is 166 g/mol. The molecule has 0 bridgehead atoms. The predicted octanol–water partition coefficient (Wildman–Crippen LogP) is 1.28. The fourth-order valence-electron chi connectivity index (χ4n) is 0.713. The van der Waals surface area contributed by atoms with Crippen molar-refractivity contribution in [1.82, 2.24) is 20.2 Å². The molecule has 0 aromatic carbocycles. The van der Waals surface area contributed by atoms with Gasteiger partial charge in [-0.15, -0.1) is 0 Å². The van der Waals surface area contributed by atoms with Crippen molar-refractivity contribution in [3.63, 3.8) is 0 Å². The molecule has 4 nitrogen and oxygen atoms in total. The third-order valence-electron chi connectivity index (χ3n) is 1.16. The maximum absolute atomic E-state index is 4.04. The summed E-state index contributed by atoms with van der Waals surface area (Å²) in [5, 5.41) is 8.56. The van der Waals surface area contributed by atoms with Crippen molar-refractivity contribution in [2.24, 2.45) is 0 Å². The van der Waals surface area contributed by atoms with Crippen molar-refractivity contribution in [3.8, 4) is 0 Å². The molecule has 56 valence electrons. The quantitative estimate of drug-likeness (QED) is 0.706. The Labute approximate surface area is 67.4 Å². The highest BCUT2D eigenvalue weighted by Gasteiger charge is 1.98. The average Bonchev–Trinajstić information content (AvgIpc) is 2.60. The maximum atomic E-state index is 4.04. The molecule has 2 aromatic heterocycles. The van der Waals surface area contributed by atoms with Crippen LogP contribution in [0.2, 0.25) is 0 Å². The first-order chi connectivity index (χ1) is 5.45. The van der Waals surface area contributed by atoms with Gasteiger partial charge in [-0.25, -0.2) is 4.98 Å². The molecule has 0 aliphatic carbocycles. The molecule has 2 rings (SSSR count). The number of hydrogen-bond donors (Lipinski definition) is 2. The summed E-state index contributed by atoms with van der Waals surface area (Å²) in [5.41, 5.74) is 0. The Bertz CT molecular complexity index is 267. The zero-order valence-electron chi connectivity index (χ0n) is 5.61. The van der Waals surface area contributed by atoms with Crippen LogP contribution in [0, 0.1) is 0 Å². The van der Waals surface area contributed by atoms with Gasteiger partial charge in [0.2, 0.25) is 0 Å². The summed E-state index contributed by atoms with van der Waals surface area (Å²) in [6, 6.07) is 1.90. The lowest BCUT2D eigenvalue weighted by molar-refractivity contribution is 1.000. The highest BCUT2D eigenvalue weighted by atomic mass is 32.2. The van der Waals surface area contributed by atoms with Crippen molar-refractivity contribution < 1.29 is 0 Å². The van der Waals surface area contributed by atoms with Gasteiger partial charge in [0, 0.05) is 12.4 Å². The van der Waals surface area contributed by atoms with Crippen LogP contribution >= 0.6 is 11.8 Å². The van der Waals surface area contributed by atoms with Crippen molar-refractivity contribution in [2.75, 3.05) is 0 Å². The molecule has 0 fully saturated rings. The largest absolute Gasteiger partial charge is 0.350 e. The molecule has 0 spiro atoms. The third kappa shape index (κ3) is 1.43. The van der Waals surface area contributed by atoms with Crippen LogP contribution in [0.5, 0.6) is 0 Å². The van der Waals surface area contributed by atoms with E-state index in [1.54, 1.807) is 12.5 Å². The fraction of sp³-hybridized carbons (Fsp3) is 0. The molecule has 0 radical (unpaired) electrons. The first-order valence-corrected chi connectivity index (χ1v) is 3.93. The van der Waals surface area contributed by atoms with Crippen LogP contribution < -0.4 is 0 Å². The second kappa shape index (κ2) is 2.79. The Morgan fingerprint density at radius 3 is 3.00 bits per heavy atom. The molecular weight excluding hydrogens is 160 g/mol. The van der Waals surface area contributed by atoms with E-state index in [1.165, 1.54) is 11.8 Å². The fourth-order valence-corrected chi connectivity index (χ4v) is 1.39. The lowest BCUT2D eigenvalue weighted by Crippen LogP contribution is -1.71. The number of aromatic amines is 2. The van der Waals surface area contributed by atoms with E-state index in [-0.39, 0.29) is 0 Å². The summed E-state index contributed by atoms with van der Waals surface area (Å²) in [6.45, 7) is 0. The zero-order valence-corrected chi connectivity index (χ0v) is 6.43. The molecule has 2 heterocycles. The number of H-pyrrole nitrogens is 2. The highest BCUT2D eigenvalue weighted by Crippen LogP contribution is 2.21. The summed E-state index contributed by atoms with van der Waals surface area (Å²) in [4.78, 5) is 6.92. The Morgan fingerprint density at radius 2 is 2.36 bits per heavy atom. The van der Waals surface area contributed by atoms with Crippen LogP contribution in [0.15, 0.2) is 34.8 Å².